The topological polar surface area (TPSA) is 74.6 Å². The molecule has 0 spiro atoms. The van der Waals surface area contributed by atoms with Crippen LogP contribution in [-0.2, 0) is 9.59 Å². The quantitative estimate of drug-likeness (QED) is 0.659. The van der Waals surface area contributed by atoms with Crippen LogP contribution < -0.4 is 0 Å². The summed E-state index contributed by atoms with van der Waals surface area (Å²) in [6.07, 6.45) is 1.11. The minimum Gasteiger partial charge on any atom is -0.481 e. The van der Waals surface area contributed by atoms with Crippen molar-refractivity contribution in [1.82, 2.24) is 0 Å². The van der Waals surface area contributed by atoms with Crippen LogP contribution in [0.4, 0.5) is 0 Å². The van der Waals surface area contributed by atoms with Crippen molar-refractivity contribution in [2.24, 2.45) is 11.8 Å². The van der Waals surface area contributed by atoms with Gasteiger partial charge in [0.15, 0.2) is 0 Å². The smallest absolute Gasteiger partial charge is 0.311 e. The standard InChI is InChI=1S/C10H14O4/c1-5-3-4-7(9(11)12)8(6(5)2)10(13)14/h7-8H,3-4H2,1-2H3,(H,11,12)(H,13,14). The third-order valence-electron chi connectivity index (χ3n) is 2.96. The van der Waals surface area contributed by atoms with Crippen LogP contribution in [-0.4, -0.2) is 22.2 Å². The van der Waals surface area contributed by atoms with Crippen LogP contribution >= 0.6 is 0 Å². The molecule has 0 aliphatic heterocycles. The fraction of sp³-hybridized carbons (Fsp3) is 0.600. The summed E-state index contributed by atoms with van der Waals surface area (Å²) in [4.78, 5) is 21.8. The Labute approximate surface area is 82.2 Å². The monoisotopic (exact) mass is 198 g/mol. The molecular weight excluding hydrogens is 184 g/mol. The van der Waals surface area contributed by atoms with Gasteiger partial charge < -0.3 is 10.2 Å². The second kappa shape index (κ2) is 3.82. The molecule has 1 rings (SSSR count). The van der Waals surface area contributed by atoms with Crippen LogP contribution in [0.15, 0.2) is 11.1 Å². The van der Waals surface area contributed by atoms with Crippen LogP contribution in [0.3, 0.4) is 0 Å². The van der Waals surface area contributed by atoms with Crippen molar-refractivity contribution < 1.29 is 19.8 Å². The van der Waals surface area contributed by atoms with Gasteiger partial charge in [0.05, 0.1) is 11.8 Å². The highest BCUT2D eigenvalue weighted by Gasteiger charge is 2.37. The highest BCUT2D eigenvalue weighted by molar-refractivity contribution is 5.83. The molecule has 0 bridgehead atoms. The Balaban J connectivity index is 3.05. The fourth-order valence-electron chi connectivity index (χ4n) is 1.93. The molecule has 2 unspecified atom stereocenters. The molecule has 2 N–H and O–H groups in total. The predicted octanol–water partition coefficient (Wildman–Crippen LogP) is 1.52. The summed E-state index contributed by atoms with van der Waals surface area (Å²) in [6.45, 7) is 3.58. The first-order chi connectivity index (χ1) is 6.45. The zero-order valence-corrected chi connectivity index (χ0v) is 8.28. The van der Waals surface area contributed by atoms with E-state index < -0.39 is 23.8 Å². The Morgan fingerprint density at radius 2 is 1.79 bits per heavy atom. The molecule has 4 heteroatoms. The first-order valence-corrected chi connectivity index (χ1v) is 4.57. The lowest BCUT2D eigenvalue weighted by molar-refractivity contribution is -0.152. The lowest BCUT2D eigenvalue weighted by Crippen LogP contribution is -2.33. The fourth-order valence-corrected chi connectivity index (χ4v) is 1.93. The van der Waals surface area contributed by atoms with Crippen molar-refractivity contribution in [1.29, 1.82) is 0 Å². The number of hydrogen-bond acceptors (Lipinski definition) is 2. The van der Waals surface area contributed by atoms with Gasteiger partial charge in [0, 0.05) is 0 Å². The number of carbonyl (C=O) groups is 2. The summed E-state index contributed by atoms with van der Waals surface area (Å²) in [5, 5.41) is 17.8. The number of allylic oxidation sites excluding steroid dienone is 1. The van der Waals surface area contributed by atoms with Gasteiger partial charge in [-0.3, -0.25) is 9.59 Å². The van der Waals surface area contributed by atoms with Crippen LogP contribution in [0, 0.1) is 11.8 Å². The normalized spacial score (nSPS) is 27.6. The molecule has 0 saturated heterocycles. The van der Waals surface area contributed by atoms with E-state index in [4.69, 9.17) is 10.2 Å². The number of aliphatic carboxylic acids is 2. The van der Waals surface area contributed by atoms with Crippen LogP contribution in [0.2, 0.25) is 0 Å². The van der Waals surface area contributed by atoms with Crippen molar-refractivity contribution in [3.63, 3.8) is 0 Å². The van der Waals surface area contributed by atoms with Gasteiger partial charge in [0.1, 0.15) is 0 Å². The Bertz CT molecular complexity index is 303. The molecule has 0 aromatic heterocycles. The molecule has 0 saturated carbocycles. The zero-order valence-electron chi connectivity index (χ0n) is 8.28. The maximum atomic E-state index is 10.9. The molecule has 14 heavy (non-hydrogen) atoms. The molecule has 0 radical (unpaired) electrons. The van der Waals surface area contributed by atoms with E-state index in [1.807, 2.05) is 6.92 Å². The minimum absolute atomic E-state index is 0.426. The Kier molecular flexibility index (Phi) is 2.93. The average Bonchev–Trinajstić information content (AvgIpc) is 2.08. The number of carboxylic acids is 2. The van der Waals surface area contributed by atoms with Gasteiger partial charge in [-0.1, -0.05) is 11.1 Å². The van der Waals surface area contributed by atoms with Crippen molar-refractivity contribution in [3.05, 3.63) is 11.1 Å². The summed E-state index contributed by atoms with van der Waals surface area (Å²) >= 11 is 0. The Hall–Kier alpha value is -1.32. The van der Waals surface area contributed by atoms with Gasteiger partial charge in [-0.2, -0.15) is 0 Å². The average molecular weight is 198 g/mol. The van der Waals surface area contributed by atoms with Gasteiger partial charge >= 0.3 is 11.9 Å². The largest absolute Gasteiger partial charge is 0.481 e. The number of rotatable bonds is 2. The SMILES string of the molecule is CC1=C(C)C(C(=O)O)C(C(=O)O)CC1. The van der Waals surface area contributed by atoms with Crippen molar-refractivity contribution >= 4 is 11.9 Å². The summed E-state index contributed by atoms with van der Waals surface area (Å²) in [5.74, 6) is -3.66. The predicted molar refractivity (Wildman–Crippen MR) is 49.9 cm³/mol. The van der Waals surface area contributed by atoms with Crippen LogP contribution in [0.5, 0.6) is 0 Å². The van der Waals surface area contributed by atoms with Gasteiger partial charge in [-0.15, -0.1) is 0 Å². The van der Waals surface area contributed by atoms with Crippen molar-refractivity contribution in [3.8, 4) is 0 Å². The highest BCUT2D eigenvalue weighted by Crippen LogP contribution is 2.34. The summed E-state index contributed by atoms with van der Waals surface area (Å²) in [7, 11) is 0. The molecule has 0 heterocycles. The summed E-state index contributed by atoms with van der Waals surface area (Å²) < 4.78 is 0. The van der Waals surface area contributed by atoms with E-state index >= 15 is 0 Å². The van der Waals surface area contributed by atoms with E-state index in [9.17, 15) is 9.59 Å². The van der Waals surface area contributed by atoms with E-state index in [1.165, 1.54) is 0 Å². The third kappa shape index (κ3) is 1.78. The summed E-state index contributed by atoms with van der Waals surface area (Å²) in [6, 6.07) is 0. The van der Waals surface area contributed by atoms with E-state index in [2.05, 4.69) is 0 Å². The number of hydrogen-bond donors (Lipinski definition) is 2. The van der Waals surface area contributed by atoms with Crippen LogP contribution in [0.1, 0.15) is 26.7 Å². The highest BCUT2D eigenvalue weighted by atomic mass is 16.4. The summed E-state index contributed by atoms with van der Waals surface area (Å²) in [5.41, 5.74) is 1.71. The maximum absolute atomic E-state index is 10.9. The zero-order chi connectivity index (χ0) is 10.9. The minimum atomic E-state index is -1.03. The molecule has 2 atom stereocenters. The number of carboxylic acid groups (broad SMARTS) is 2. The molecule has 0 aromatic rings. The first kappa shape index (κ1) is 10.8. The van der Waals surface area contributed by atoms with E-state index in [-0.39, 0.29) is 0 Å². The lowest BCUT2D eigenvalue weighted by atomic mass is 9.76. The molecule has 1 aliphatic rings. The van der Waals surface area contributed by atoms with Crippen LogP contribution in [0.25, 0.3) is 0 Å². The third-order valence-corrected chi connectivity index (χ3v) is 2.96. The first-order valence-electron chi connectivity index (χ1n) is 4.57. The molecular formula is C10H14O4. The molecule has 78 valence electrons. The molecule has 1 aliphatic carbocycles. The van der Waals surface area contributed by atoms with Gasteiger partial charge in [-0.25, -0.2) is 0 Å². The molecule has 0 fully saturated rings. The van der Waals surface area contributed by atoms with E-state index in [1.54, 1.807) is 6.92 Å². The van der Waals surface area contributed by atoms with Gasteiger partial charge in [0.25, 0.3) is 0 Å². The van der Waals surface area contributed by atoms with Crippen molar-refractivity contribution in [2.45, 2.75) is 26.7 Å². The second-order valence-corrected chi connectivity index (χ2v) is 3.76. The Morgan fingerprint density at radius 3 is 2.21 bits per heavy atom. The van der Waals surface area contributed by atoms with Gasteiger partial charge in [0.2, 0.25) is 0 Å². The molecule has 0 amide bonds. The van der Waals surface area contributed by atoms with E-state index in [0.29, 0.717) is 18.4 Å². The maximum Gasteiger partial charge on any atom is 0.311 e. The second-order valence-electron chi connectivity index (χ2n) is 3.76. The van der Waals surface area contributed by atoms with Crippen molar-refractivity contribution in [2.75, 3.05) is 0 Å². The Morgan fingerprint density at radius 1 is 1.21 bits per heavy atom. The lowest BCUT2D eigenvalue weighted by Gasteiger charge is -2.27. The molecule has 4 nitrogen and oxygen atoms in total. The molecule has 0 aromatic carbocycles. The van der Waals surface area contributed by atoms with E-state index in [0.717, 1.165) is 5.57 Å². The van der Waals surface area contributed by atoms with Gasteiger partial charge in [-0.05, 0) is 26.7 Å².